The Balaban J connectivity index is 1.27. The summed E-state index contributed by atoms with van der Waals surface area (Å²) in [7, 11) is 0. The second-order valence-electron chi connectivity index (χ2n) is 8.70. The second kappa shape index (κ2) is 9.13. The molecule has 4 aromatic rings. The minimum absolute atomic E-state index is 0.0643. The average molecular weight is 457 g/mol. The van der Waals surface area contributed by atoms with E-state index >= 15 is 0 Å². The van der Waals surface area contributed by atoms with Crippen LogP contribution in [0.15, 0.2) is 65.6 Å². The zero-order valence-electron chi connectivity index (χ0n) is 19.5. The van der Waals surface area contributed by atoms with Crippen LogP contribution in [-0.4, -0.2) is 56.3 Å². The minimum Gasteiger partial charge on any atom is -0.368 e. The van der Waals surface area contributed by atoms with Gasteiger partial charge >= 0.3 is 0 Å². The van der Waals surface area contributed by atoms with Crippen molar-refractivity contribution in [2.24, 2.45) is 0 Å². The lowest BCUT2D eigenvalue weighted by atomic mass is 10.2. The molecule has 3 heterocycles. The summed E-state index contributed by atoms with van der Waals surface area (Å²) in [6.07, 6.45) is 1.83. The van der Waals surface area contributed by atoms with Crippen molar-refractivity contribution in [3.8, 4) is 5.69 Å². The van der Waals surface area contributed by atoms with Crippen molar-refractivity contribution >= 4 is 22.6 Å². The topological polar surface area (TPSA) is 76.3 Å². The Kier molecular flexibility index (Phi) is 5.88. The van der Waals surface area contributed by atoms with Gasteiger partial charge in [0.2, 0.25) is 5.91 Å². The molecule has 8 nitrogen and oxygen atoms in total. The van der Waals surface area contributed by atoms with E-state index in [9.17, 15) is 9.59 Å². The molecule has 0 atom stereocenters. The van der Waals surface area contributed by atoms with Crippen LogP contribution in [0.1, 0.15) is 17.8 Å². The van der Waals surface area contributed by atoms with E-state index in [-0.39, 0.29) is 17.9 Å². The van der Waals surface area contributed by atoms with Crippen LogP contribution in [0.5, 0.6) is 0 Å². The third-order valence-corrected chi connectivity index (χ3v) is 6.46. The van der Waals surface area contributed by atoms with Crippen molar-refractivity contribution < 1.29 is 4.79 Å². The van der Waals surface area contributed by atoms with Crippen LogP contribution in [0.25, 0.3) is 16.7 Å². The van der Waals surface area contributed by atoms with Crippen LogP contribution in [0.2, 0.25) is 0 Å². The molecule has 1 amide bonds. The van der Waals surface area contributed by atoms with Gasteiger partial charge in [0.15, 0.2) is 5.65 Å². The third-order valence-electron chi connectivity index (χ3n) is 6.46. The van der Waals surface area contributed by atoms with Crippen molar-refractivity contribution in [1.29, 1.82) is 0 Å². The molecule has 0 aliphatic carbocycles. The van der Waals surface area contributed by atoms with Gasteiger partial charge in [0, 0.05) is 44.8 Å². The number of hydrogen-bond acceptors (Lipinski definition) is 5. The lowest BCUT2D eigenvalue weighted by Gasteiger charge is -2.36. The lowest BCUT2D eigenvalue weighted by Crippen LogP contribution is -2.49. The van der Waals surface area contributed by atoms with Crippen LogP contribution in [0.4, 0.5) is 5.69 Å². The SMILES string of the molecule is Cc1ccc(-n2ncc3c(=O)n(CCC(=O)N4CCN(c5ccccc5)CC4)c(C)nc32)cc1. The van der Waals surface area contributed by atoms with Crippen molar-refractivity contribution in [1.82, 2.24) is 24.2 Å². The van der Waals surface area contributed by atoms with E-state index in [1.807, 2.05) is 54.3 Å². The van der Waals surface area contributed by atoms with E-state index in [1.165, 1.54) is 5.69 Å². The Morgan fingerprint density at radius 1 is 0.912 bits per heavy atom. The summed E-state index contributed by atoms with van der Waals surface area (Å²) in [4.78, 5) is 34.9. The normalized spacial score (nSPS) is 14.1. The first kappa shape index (κ1) is 21.9. The van der Waals surface area contributed by atoms with Crippen LogP contribution < -0.4 is 10.5 Å². The summed E-state index contributed by atoms with van der Waals surface area (Å²) in [5, 5.41) is 4.85. The highest BCUT2D eigenvalue weighted by Gasteiger charge is 2.22. The van der Waals surface area contributed by atoms with Gasteiger partial charge in [-0.05, 0) is 38.1 Å². The fourth-order valence-corrected chi connectivity index (χ4v) is 4.46. The summed E-state index contributed by atoms with van der Waals surface area (Å²) < 4.78 is 3.27. The van der Waals surface area contributed by atoms with E-state index in [1.54, 1.807) is 22.4 Å². The summed E-state index contributed by atoms with van der Waals surface area (Å²) in [5.74, 6) is 0.641. The lowest BCUT2D eigenvalue weighted by molar-refractivity contribution is -0.131. The molecule has 1 saturated heterocycles. The maximum atomic E-state index is 13.2. The van der Waals surface area contributed by atoms with Crippen molar-refractivity contribution in [3.05, 3.63) is 82.5 Å². The summed E-state index contributed by atoms with van der Waals surface area (Å²) in [6, 6.07) is 18.2. The Morgan fingerprint density at radius 3 is 2.32 bits per heavy atom. The number of amides is 1. The number of carbonyl (C=O) groups is 1. The zero-order chi connectivity index (χ0) is 23.7. The molecule has 0 spiro atoms. The summed E-state index contributed by atoms with van der Waals surface area (Å²) >= 11 is 0. The van der Waals surface area contributed by atoms with Gasteiger partial charge in [-0.1, -0.05) is 35.9 Å². The molecule has 174 valence electrons. The molecule has 0 unspecified atom stereocenters. The Morgan fingerprint density at radius 2 is 1.62 bits per heavy atom. The molecule has 0 bridgehead atoms. The number of aryl methyl sites for hydroxylation is 2. The standard InChI is InChI=1S/C26H28N6O2/c1-19-8-10-22(11-9-19)32-25-23(18-27-32)26(34)31(20(2)28-25)13-12-24(33)30-16-14-29(15-17-30)21-6-4-3-5-7-21/h3-11,18H,12-17H2,1-2H3. The molecular weight excluding hydrogens is 428 g/mol. The predicted molar refractivity (Wildman–Crippen MR) is 132 cm³/mol. The van der Waals surface area contributed by atoms with E-state index in [4.69, 9.17) is 0 Å². The van der Waals surface area contributed by atoms with Gasteiger partial charge in [-0.15, -0.1) is 0 Å². The molecule has 2 aromatic heterocycles. The molecule has 1 aliphatic heterocycles. The molecule has 0 N–H and O–H groups in total. The number of nitrogens with zero attached hydrogens (tertiary/aromatic N) is 6. The summed E-state index contributed by atoms with van der Waals surface area (Å²) in [5.41, 5.74) is 3.56. The molecule has 1 aliphatic rings. The molecule has 34 heavy (non-hydrogen) atoms. The molecule has 5 rings (SSSR count). The maximum absolute atomic E-state index is 13.2. The first-order valence-electron chi connectivity index (χ1n) is 11.6. The van der Waals surface area contributed by atoms with Gasteiger partial charge in [-0.25, -0.2) is 9.67 Å². The maximum Gasteiger partial charge on any atom is 0.264 e. The Hall–Kier alpha value is -3.94. The van der Waals surface area contributed by atoms with Crippen molar-refractivity contribution in [3.63, 3.8) is 0 Å². The zero-order valence-corrected chi connectivity index (χ0v) is 19.5. The quantitative estimate of drug-likeness (QED) is 0.462. The Bertz CT molecular complexity index is 1370. The van der Waals surface area contributed by atoms with Crippen molar-refractivity contribution in [2.45, 2.75) is 26.8 Å². The van der Waals surface area contributed by atoms with E-state index in [0.29, 0.717) is 36.5 Å². The van der Waals surface area contributed by atoms with Gasteiger partial charge in [0.25, 0.3) is 5.56 Å². The largest absolute Gasteiger partial charge is 0.368 e. The highest BCUT2D eigenvalue weighted by atomic mass is 16.2. The fourth-order valence-electron chi connectivity index (χ4n) is 4.46. The van der Waals surface area contributed by atoms with Gasteiger partial charge in [0.1, 0.15) is 11.2 Å². The van der Waals surface area contributed by atoms with E-state index in [0.717, 1.165) is 24.3 Å². The van der Waals surface area contributed by atoms with Crippen LogP contribution in [-0.2, 0) is 11.3 Å². The number of piperazine rings is 1. The fraction of sp³-hybridized carbons (Fsp3) is 0.308. The van der Waals surface area contributed by atoms with Gasteiger partial charge in [-0.2, -0.15) is 5.10 Å². The molecule has 1 fully saturated rings. The highest BCUT2D eigenvalue weighted by molar-refractivity contribution is 5.77. The third kappa shape index (κ3) is 4.19. The number of rotatable bonds is 5. The monoisotopic (exact) mass is 456 g/mol. The average Bonchev–Trinajstić information content (AvgIpc) is 3.29. The van der Waals surface area contributed by atoms with Crippen LogP contribution in [0.3, 0.4) is 0 Å². The molecule has 0 radical (unpaired) electrons. The molecule has 0 saturated carbocycles. The second-order valence-corrected chi connectivity index (χ2v) is 8.70. The summed E-state index contributed by atoms with van der Waals surface area (Å²) in [6.45, 7) is 7.11. The van der Waals surface area contributed by atoms with Gasteiger partial charge < -0.3 is 9.80 Å². The van der Waals surface area contributed by atoms with Crippen LogP contribution in [0, 0.1) is 13.8 Å². The number of para-hydroxylation sites is 1. The number of fused-ring (bicyclic) bond motifs is 1. The molecule has 2 aromatic carbocycles. The first-order valence-corrected chi connectivity index (χ1v) is 11.6. The minimum atomic E-state index is -0.164. The predicted octanol–water partition coefficient (Wildman–Crippen LogP) is 2.94. The van der Waals surface area contributed by atoms with E-state index in [2.05, 4.69) is 27.1 Å². The first-order chi connectivity index (χ1) is 16.5. The number of aromatic nitrogens is 4. The molecular formula is C26H28N6O2. The number of carbonyl (C=O) groups excluding carboxylic acids is 1. The number of hydrogen-bond donors (Lipinski definition) is 0. The van der Waals surface area contributed by atoms with Crippen molar-refractivity contribution in [2.75, 3.05) is 31.1 Å². The van der Waals surface area contributed by atoms with Gasteiger partial charge in [-0.3, -0.25) is 14.2 Å². The molecule has 8 heteroatoms. The smallest absolute Gasteiger partial charge is 0.264 e. The highest BCUT2D eigenvalue weighted by Crippen LogP contribution is 2.17. The number of benzene rings is 2. The Labute approximate surface area is 198 Å². The number of anilines is 1. The van der Waals surface area contributed by atoms with Crippen LogP contribution >= 0.6 is 0 Å². The van der Waals surface area contributed by atoms with E-state index < -0.39 is 0 Å². The van der Waals surface area contributed by atoms with Gasteiger partial charge in [0.05, 0.1) is 11.9 Å².